The van der Waals surface area contributed by atoms with Crippen LogP contribution >= 0.6 is 11.6 Å². The van der Waals surface area contributed by atoms with Crippen LogP contribution in [-0.2, 0) is 9.59 Å². The molecule has 2 aromatic rings. The van der Waals surface area contributed by atoms with Crippen LogP contribution in [0.4, 0.5) is 0 Å². The molecule has 1 atom stereocenters. The molecule has 1 unspecified atom stereocenters. The molecule has 0 radical (unpaired) electrons. The van der Waals surface area contributed by atoms with Crippen molar-refractivity contribution in [2.24, 2.45) is 0 Å². The lowest BCUT2D eigenvalue weighted by molar-refractivity contribution is -0.141. The molecular weight excluding hydrogens is 454 g/mol. The molecule has 2 fully saturated rings. The number of hydrogen-bond donors (Lipinski definition) is 1. The van der Waals surface area contributed by atoms with Gasteiger partial charge in [-0.2, -0.15) is 0 Å². The maximum Gasteiger partial charge on any atom is 0.295 e. The second kappa shape index (κ2) is 10.5. The molecule has 34 heavy (non-hydrogen) atoms. The fraction of sp³-hybridized carbons (Fsp3) is 0.407. The van der Waals surface area contributed by atoms with Crippen LogP contribution in [0.5, 0.6) is 11.5 Å². The number of halogens is 1. The molecule has 1 saturated heterocycles. The Morgan fingerprint density at radius 3 is 2.41 bits per heavy atom. The van der Waals surface area contributed by atoms with Gasteiger partial charge in [0.2, 0.25) is 0 Å². The van der Waals surface area contributed by atoms with E-state index in [2.05, 4.69) is 0 Å². The number of aliphatic hydroxyl groups is 1. The third-order valence-corrected chi connectivity index (χ3v) is 6.68. The minimum Gasteiger partial charge on any atom is -0.507 e. The lowest BCUT2D eigenvalue weighted by Gasteiger charge is -2.30. The van der Waals surface area contributed by atoms with Crippen molar-refractivity contribution < 1.29 is 24.2 Å². The summed E-state index contributed by atoms with van der Waals surface area (Å²) in [6.45, 7) is 4.89. The first-order chi connectivity index (χ1) is 16.5. The van der Waals surface area contributed by atoms with Gasteiger partial charge in [0.15, 0.2) is 0 Å². The van der Waals surface area contributed by atoms with E-state index in [0.717, 1.165) is 43.4 Å². The van der Waals surface area contributed by atoms with Crippen LogP contribution < -0.4 is 9.47 Å². The Hall–Kier alpha value is -2.99. The van der Waals surface area contributed by atoms with Crippen LogP contribution in [0.2, 0.25) is 5.02 Å². The van der Waals surface area contributed by atoms with Crippen LogP contribution in [0.1, 0.15) is 63.1 Å². The molecule has 0 bridgehead atoms. The summed E-state index contributed by atoms with van der Waals surface area (Å²) in [5.74, 6) is -0.333. The fourth-order valence-electron chi connectivity index (χ4n) is 4.77. The fourth-order valence-corrected chi connectivity index (χ4v) is 4.95. The van der Waals surface area contributed by atoms with Gasteiger partial charge >= 0.3 is 0 Å². The van der Waals surface area contributed by atoms with E-state index in [1.807, 2.05) is 38.1 Å². The van der Waals surface area contributed by atoms with E-state index in [9.17, 15) is 14.7 Å². The van der Waals surface area contributed by atoms with Crippen molar-refractivity contribution in [2.75, 3.05) is 13.2 Å². The molecule has 1 saturated carbocycles. The Morgan fingerprint density at radius 2 is 1.76 bits per heavy atom. The van der Waals surface area contributed by atoms with Gasteiger partial charge in [-0.25, -0.2) is 0 Å². The normalized spacial score (nSPS) is 20.2. The summed E-state index contributed by atoms with van der Waals surface area (Å²) < 4.78 is 11.3. The number of benzene rings is 2. The maximum atomic E-state index is 13.3. The number of rotatable bonds is 8. The average molecular weight is 484 g/mol. The van der Waals surface area contributed by atoms with Crippen molar-refractivity contribution in [2.45, 2.75) is 58.0 Å². The van der Waals surface area contributed by atoms with E-state index in [0.29, 0.717) is 29.5 Å². The molecule has 2 aliphatic rings. The van der Waals surface area contributed by atoms with E-state index in [1.165, 1.54) is 0 Å². The van der Waals surface area contributed by atoms with Gasteiger partial charge in [-0.1, -0.05) is 43.5 Å². The third kappa shape index (κ3) is 4.64. The largest absolute Gasteiger partial charge is 0.507 e. The van der Waals surface area contributed by atoms with E-state index in [-0.39, 0.29) is 17.4 Å². The highest BCUT2D eigenvalue weighted by molar-refractivity contribution is 6.46. The first kappa shape index (κ1) is 24.1. The highest BCUT2D eigenvalue weighted by atomic mass is 35.5. The second-order valence-electron chi connectivity index (χ2n) is 8.64. The summed E-state index contributed by atoms with van der Waals surface area (Å²) in [4.78, 5) is 28.1. The third-order valence-electron chi connectivity index (χ3n) is 6.37. The highest BCUT2D eigenvalue weighted by Crippen LogP contribution is 2.44. The summed E-state index contributed by atoms with van der Waals surface area (Å²) in [7, 11) is 0. The van der Waals surface area contributed by atoms with E-state index >= 15 is 0 Å². The number of aliphatic hydroxyl groups excluding tert-OH is 1. The van der Waals surface area contributed by atoms with Gasteiger partial charge < -0.3 is 19.5 Å². The number of likely N-dealkylation sites (tertiary alicyclic amines) is 1. The monoisotopic (exact) mass is 483 g/mol. The number of nitrogens with zero attached hydrogens (tertiary/aromatic N) is 1. The second-order valence-corrected chi connectivity index (χ2v) is 9.05. The first-order valence-corrected chi connectivity index (χ1v) is 12.3. The number of carbonyl (C=O) groups excluding carboxylic acids is 2. The van der Waals surface area contributed by atoms with Gasteiger partial charge in [0.05, 0.1) is 29.9 Å². The lowest BCUT2D eigenvalue weighted by atomic mass is 9.94. The molecule has 1 heterocycles. The van der Waals surface area contributed by atoms with Crippen LogP contribution in [0.15, 0.2) is 48.0 Å². The Bertz CT molecular complexity index is 1090. The highest BCUT2D eigenvalue weighted by Gasteiger charge is 2.49. The predicted octanol–water partition coefficient (Wildman–Crippen LogP) is 5.89. The van der Waals surface area contributed by atoms with Crippen LogP contribution in [0, 0.1) is 0 Å². The summed E-state index contributed by atoms with van der Waals surface area (Å²) in [5.41, 5.74) is 1.23. The first-order valence-electron chi connectivity index (χ1n) is 11.9. The molecule has 2 aromatic carbocycles. The molecule has 6 nitrogen and oxygen atoms in total. The van der Waals surface area contributed by atoms with Crippen LogP contribution in [0.3, 0.4) is 0 Å². The van der Waals surface area contributed by atoms with E-state index in [4.69, 9.17) is 21.1 Å². The van der Waals surface area contributed by atoms with E-state index < -0.39 is 17.7 Å². The molecule has 180 valence electrons. The standard InChI is InChI=1S/C27H30ClNO5/c1-3-15-34-20-12-9-17(10-13-20)24-23(26(31)27(32)29(24)19-7-5-6-8-19)25(30)18-11-14-21(28)22(16-18)33-4-2/h9-14,16,19,24,30H,3-8,15H2,1-2H3/b25-23-. The maximum absolute atomic E-state index is 13.3. The van der Waals surface area contributed by atoms with Crippen molar-refractivity contribution in [1.29, 1.82) is 0 Å². The zero-order valence-corrected chi connectivity index (χ0v) is 20.3. The molecule has 7 heteroatoms. The summed E-state index contributed by atoms with van der Waals surface area (Å²) in [6, 6.07) is 11.6. The van der Waals surface area contributed by atoms with Crippen molar-refractivity contribution in [1.82, 2.24) is 4.90 Å². The van der Waals surface area contributed by atoms with Crippen molar-refractivity contribution in [3.8, 4) is 11.5 Å². The van der Waals surface area contributed by atoms with Gasteiger partial charge in [0, 0.05) is 11.6 Å². The van der Waals surface area contributed by atoms with Gasteiger partial charge in [0.25, 0.3) is 11.7 Å². The van der Waals surface area contributed by atoms with Gasteiger partial charge in [-0.05, 0) is 62.1 Å². The predicted molar refractivity (Wildman–Crippen MR) is 131 cm³/mol. The van der Waals surface area contributed by atoms with Gasteiger partial charge in [-0.15, -0.1) is 0 Å². The van der Waals surface area contributed by atoms with Crippen LogP contribution in [-0.4, -0.2) is 41.0 Å². The number of Topliss-reactive ketones (excluding diaryl/α,β-unsaturated/α-hetero) is 1. The van der Waals surface area contributed by atoms with Crippen molar-refractivity contribution >= 4 is 29.1 Å². The summed E-state index contributed by atoms with van der Waals surface area (Å²) in [6.07, 6.45) is 4.61. The molecule has 1 N–H and O–H groups in total. The topological polar surface area (TPSA) is 76.1 Å². The quantitative estimate of drug-likeness (QED) is 0.288. The summed E-state index contributed by atoms with van der Waals surface area (Å²) >= 11 is 6.21. The summed E-state index contributed by atoms with van der Waals surface area (Å²) in [5, 5.41) is 11.7. The van der Waals surface area contributed by atoms with Gasteiger partial charge in [-0.3, -0.25) is 9.59 Å². The van der Waals surface area contributed by atoms with E-state index in [1.54, 1.807) is 23.1 Å². The number of ketones is 1. The van der Waals surface area contributed by atoms with Crippen LogP contribution in [0.25, 0.3) is 5.76 Å². The minimum absolute atomic E-state index is 0.0352. The Kier molecular flexibility index (Phi) is 7.47. The molecule has 1 aliphatic carbocycles. The Labute approximate surface area is 205 Å². The Morgan fingerprint density at radius 1 is 1.06 bits per heavy atom. The molecular formula is C27H30ClNO5. The average Bonchev–Trinajstić information content (AvgIpc) is 3.46. The number of hydrogen-bond acceptors (Lipinski definition) is 5. The number of amides is 1. The molecule has 0 aromatic heterocycles. The SMILES string of the molecule is CCCOc1ccc(C2/C(=C(/O)c3ccc(Cl)c(OCC)c3)C(=O)C(=O)N2C2CCCC2)cc1. The Balaban J connectivity index is 1.81. The smallest absolute Gasteiger partial charge is 0.295 e. The number of ether oxygens (including phenoxy) is 2. The molecule has 0 spiro atoms. The zero-order chi connectivity index (χ0) is 24.2. The molecule has 4 rings (SSSR count). The number of carbonyl (C=O) groups is 2. The lowest BCUT2D eigenvalue weighted by Crippen LogP contribution is -2.37. The zero-order valence-electron chi connectivity index (χ0n) is 19.6. The molecule has 1 aliphatic heterocycles. The molecule has 1 amide bonds. The van der Waals surface area contributed by atoms with Gasteiger partial charge in [0.1, 0.15) is 17.3 Å². The van der Waals surface area contributed by atoms with Crippen molar-refractivity contribution in [3.63, 3.8) is 0 Å². The van der Waals surface area contributed by atoms with Crippen molar-refractivity contribution in [3.05, 3.63) is 64.2 Å². The minimum atomic E-state index is -0.673.